The molecule has 19 heavy (non-hydrogen) atoms. The molecule has 2 rings (SSSR count). The molecule has 1 aromatic rings. The third-order valence-corrected chi connectivity index (χ3v) is 4.09. The van der Waals surface area contributed by atoms with Crippen LogP contribution in [0.25, 0.3) is 5.57 Å². The van der Waals surface area contributed by atoms with Crippen LogP contribution in [-0.2, 0) is 9.53 Å². The van der Waals surface area contributed by atoms with Crippen molar-refractivity contribution in [3.63, 3.8) is 0 Å². The molecular weight excluding hydrogens is 236 g/mol. The predicted molar refractivity (Wildman–Crippen MR) is 77.6 cm³/mol. The zero-order valence-corrected chi connectivity index (χ0v) is 11.8. The Labute approximate surface area is 115 Å². The van der Waals surface area contributed by atoms with Gasteiger partial charge < -0.3 is 4.74 Å². The van der Waals surface area contributed by atoms with E-state index in [4.69, 9.17) is 4.74 Å². The summed E-state index contributed by atoms with van der Waals surface area (Å²) >= 11 is 0. The van der Waals surface area contributed by atoms with Gasteiger partial charge in [-0.15, -0.1) is 0 Å². The summed E-state index contributed by atoms with van der Waals surface area (Å²) in [5, 5.41) is 0. The van der Waals surface area contributed by atoms with Crippen molar-refractivity contribution in [2.75, 3.05) is 6.61 Å². The van der Waals surface area contributed by atoms with Crippen LogP contribution in [0, 0.1) is 5.41 Å². The number of hydrogen-bond donors (Lipinski definition) is 0. The third-order valence-electron chi connectivity index (χ3n) is 4.09. The highest BCUT2D eigenvalue weighted by molar-refractivity contribution is 5.94. The van der Waals surface area contributed by atoms with Crippen molar-refractivity contribution in [1.29, 1.82) is 0 Å². The van der Waals surface area contributed by atoms with Crippen molar-refractivity contribution in [3.05, 3.63) is 42.0 Å². The maximum atomic E-state index is 11.6. The molecule has 0 bridgehead atoms. The normalized spacial score (nSPS) is 22.8. The first-order valence-corrected chi connectivity index (χ1v) is 7.16. The summed E-state index contributed by atoms with van der Waals surface area (Å²) in [6.45, 7) is 4.90. The summed E-state index contributed by atoms with van der Waals surface area (Å²) in [5.74, 6) is -0.209. The van der Waals surface area contributed by atoms with Crippen LogP contribution in [0.3, 0.4) is 0 Å². The van der Waals surface area contributed by atoms with E-state index in [-0.39, 0.29) is 11.4 Å². The fourth-order valence-corrected chi connectivity index (χ4v) is 2.80. The number of ether oxygens (including phenoxy) is 1. The molecule has 2 heteroatoms. The maximum Gasteiger partial charge on any atom is 0.331 e. The van der Waals surface area contributed by atoms with E-state index in [1.54, 1.807) is 6.08 Å². The molecule has 2 nitrogen and oxygen atoms in total. The minimum atomic E-state index is -0.209. The second-order valence-electron chi connectivity index (χ2n) is 5.27. The van der Waals surface area contributed by atoms with Crippen LogP contribution in [-0.4, -0.2) is 12.6 Å². The summed E-state index contributed by atoms with van der Waals surface area (Å²) in [6, 6.07) is 10.2. The summed E-state index contributed by atoms with van der Waals surface area (Å²) in [7, 11) is 0. The molecule has 0 aliphatic carbocycles. The van der Waals surface area contributed by atoms with Crippen molar-refractivity contribution in [3.8, 4) is 0 Å². The van der Waals surface area contributed by atoms with E-state index in [2.05, 4.69) is 26.0 Å². The molecule has 1 heterocycles. The number of unbranched alkanes of at least 4 members (excludes halogenated alkanes) is 1. The van der Waals surface area contributed by atoms with E-state index in [9.17, 15) is 4.79 Å². The zero-order valence-electron chi connectivity index (χ0n) is 11.8. The van der Waals surface area contributed by atoms with Crippen molar-refractivity contribution in [1.82, 2.24) is 0 Å². The Bertz CT molecular complexity index is 461. The highest BCUT2D eigenvalue weighted by Gasteiger charge is 2.37. The van der Waals surface area contributed by atoms with Crippen LogP contribution < -0.4 is 0 Å². The molecule has 0 spiro atoms. The van der Waals surface area contributed by atoms with Crippen LogP contribution in [0.5, 0.6) is 0 Å². The fourth-order valence-electron chi connectivity index (χ4n) is 2.80. The van der Waals surface area contributed by atoms with Crippen LogP contribution in [0.2, 0.25) is 0 Å². The molecule has 0 saturated heterocycles. The van der Waals surface area contributed by atoms with Gasteiger partial charge in [0.25, 0.3) is 0 Å². The lowest BCUT2D eigenvalue weighted by Crippen LogP contribution is -2.33. The summed E-state index contributed by atoms with van der Waals surface area (Å²) < 4.78 is 5.32. The van der Waals surface area contributed by atoms with Gasteiger partial charge in [0, 0.05) is 11.5 Å². The highest BCUT2D eigenvalue weighted by Crippen LogP contribution is 2.44. The van der Waals surface area contributed by atoms with Crippen LogP contribution in [0.4, 0.5) is 0 Å². The molecule has 0 N–H and O–H groups in total. The lowest BCUT2D eigenvalue weighted by molar-refractivity contribution is -0.141. The standard InChI is InChI=1S/C17H22O2/c1-3-5-11-17(4-2)13-19-16(18)12-15(17)14-9-7-6-8-10-14/h6-10,12H,3-5,11,13H2,1-2H3. The number of benzene rings is 1. The number of esters is 1. The number of carbonyl (C=O) groups is 1. The molecule has 0 radical (unpaired) electrons. The summed E-state index contributed by atoms with van der Waals surface area (Å²) in [5.41, 5.74) is 2.29. The number of cyclic esters (lactones) is 1. The largest absolute Gasteiger partial charge is 0.462 e. The van der Waals surface area contributed by atoms with Gasteiger partial charge in [0.1, 0.15) is 6.61 Å². The van der Waals surface area contributed by atoms with Crippen molar-refractivity contribution in [2.45, 2.75) is 39.5 Å². The van der Waals surface area contributed by atoms with Gasteiger partial charge in [-0.2, -0.15) is 0 Å². The van der Waals surface area contributed by atoms with E-state index in [1.165, 1.54) is 0 Å². The second-order valence-corrected chi connectivity index (χ2v) is 5.27. The lowest BCUT2D eigenvalue weighted by atomic mass is 9.71. The molecule has 1 unspecified atom stereocenters. The van der Waals surface area contributed by atoms with Crippen molar-refractivity contribution >= 4 is 11.5 Å². The molecular formula is C17H22O2. The number of rotatable bonds is 5. The molecule has 1 aliphatic rings. The molecule has 0 amide bonds. The second kappa shape index (κ2) is 6.05. The molecule has 1 atom stereocenters. The van der Waals surface area contributed by atoms with Gasteiger partial charge in [-0.05, 0) is 24.0 Å². The Morgan fingerprint density at radius 1 is 1.21 bits per heavy atom. The Balaban J connectivity index is 2.40. The van der Waals surface area contributed by atoms with Crippen molar-refractivity contribution in [2.24, 2.45) is 5.41 Å². The maximum absolute atomic E-state index is 11.6. The van der Waals surface area contributed by atoms with E-state index in [0.717, 1.165) is 36.8 Å². The minimum Gasteiger partial charge on any atom is -0.462 e. The Morgan fingerprint density at radius 2 is 1.95 bits per heavy atom. The number of hydrogen-bond acceptors (Lipinski definition) is 2. The average molecular weight is 258 g/mol. The molecule has 0 saturated carbocycles. The van der Waals surface area contributed by atoms with E-state index in [1.807, 2.05) is 18.2 Å². The highest BCUT2D eigenvalue weighted by atomic mass is 16.5. The average Bonchev–Trinajstić information content (AvgIpc) is 2.47. The summed E-state index contributed by atoms with van der Waals surface area (Å²) in [6.07, 6.45) is 6.10. The van der Waals surface area contributed by atoms with Crippen LogP contribution in [0.15, 0.2) is 36.4 Å². The molecule has 1 aliphatic heterocycles. The SMILES string of the molecule is CCCCC1(CC)COC(=O)C=C1c1ccccc1. The van der Waals surface area contributed by atoms with Crippen LogP contribution >= 0.6 is 0 Å². The topological polar surface area (TPSA) is 26.3 Å². The first-order valence-electron chi connectivity index (χ1n) is 7.16. The van der Waals surface area contributed by atoms with Gasteiger partial charge >= 0.3 is 5.97 Å². The Hall–Kier alpha value is -1.57. The van der Waals surface area contributed by atoms with Crippen molar-refractivity contribution < 1.29 is 9.53 Å². The number of carbonyl (C=O) groups excluding carboxylic acids is 1. The first kappa shape index (κ1) is 13.9. The van der Waals surface area contributed by atoms with Gasteiger partial charge in [0.2, 0.25) is 0 Å². The molecule has 102 valence electrons. The first-order chi connectivity index (χ1) is 9.22. The lowest BCUT2D eigenvalue weighted by Gasteiger charge is -2.37. The summed E-state index contributed by atoms with van der Waals surface area (Å²) in [4.78, 5) is 11.6. The quantitative estimate of drug-likeness (QED) is 0.739. The van der Waals surface area contributed by atoms with Gasteiger partial charge in [-0.25, -0.2) is 4.79 Å². The van der Waals surface area contributed by atoms with Gasteiger partial charge in [0.15, 0.2) is 0 Å². The molecule has 0 fully saturated rings. The van der Waals surface area contributed by atoms with Gasteiger partial charge in [0.05, 0.1) is 0 Å². The van der Waals surface area contributed by atoms with Gasteiger partial charge in [-0.3, -0.25) is 0 Å². The van der Waals surface area contributed by atoms with E-state index < -0.39 is 0 Å². The van der Waals surface area contributed by atoms with Crippen LogP contribution in [0.1, 0.15) is 45.1 Å². The fraction of sp³-hybridized carbons (Fsp3) is 0.471. The minimum absolute atomic E-state index is 0.00866. The molecule has 1 aromatic carbocycles. The monoisotopic (exact) mass is 258 g/mol. The smallest absolute Gasteiger partial charge is 0.331 e. The van der Waals surface area contributed by atoms with Gasteiger partial charge in [-0.1, -0.05) is 57.0 Å². The Kier molecular flexibility index (Phi) is 4.41. The predicted octanol–water partition coefficient (Wildman–Crippen LogP) is 4.21. The van der Waals surface area contributed by atoms with E-state index in [0.29, 0.717) is 6.61 Å². The van der Waals surface area contributed by atoms with E-state index >= 15 is 0 Å². The third kappa shape index (κ3) is 2.89. The molecule has 0 aromatic heterocycles. The Morgan fingerprint density at radius 3 is 2.58 bits per heavy atom. The zero-order chi connectivity index (χ0) is 13.7.